The van der Waals surface area contributed by atoms with Crippen molar-refractivity contribution in [3.8, 4) is 22.3 Å². The Labute approximate surface area is 360 Å². The summed E-state index contributed by atoms with van der Waals surface area (Å²) in [5, 5.41) is 0. The molecule has 0 aliphatic carbocycles. The number of fused-ring (bicyclic) bond motifs is 8. The van der Waals surface area contributed by atoms with Crippen LogP contribution in [0.5, 0.6) is 0 Å². The third kappa shape index (κ3) is 9.32. The van der Waals surface area contributed by atoms with Gasteiger partial charge in [0.2, 0.25) is 0 Å². The molecule has 3 aromatic heterocycles. The maximum absolute atomic E-state index is 12.4. The van der Waals surface area contributed by atoms with Gasteiger partial charge in [0.15, 0.2) is 0 Å². The molecule has 0 saturated carbocycles. The number of methoxy groups -OCH3 is 1. The summed E-state index contributed by atoms with van der Waals surface area (Å²) in [6, 6.07) is 26.0. The van der Waals surface area contributed by atoms with E-state index in [1.807, 2.05) is 30.3 Å². The molecule has 7 rings (SSSR count). The van der Waals surface area contributed by atoms with Gasteiger partial charge in [0.05, 0.1) is 29.9 Å². The quantitative estimate of drug-likeness (QED) is 0.100. The Morgan fingerprint density at radius 2 is 1.03 bits per heavy atom. The van der Waals surface area contributed by atoms with E-state index in [0.29, 0.717) is 5.69 Å². The van der Waals surface area contributed by atoms with E-state index in [2.05, 4.69) is 144 Å². The fraction of sp³-hybridized carbons (Fsp3) is 0.327. The largest absolute Gasteiger partial charge is 2.00 e. The second-order valence-corrected chi connectivity index (χ2v) is 19.7. The molecule has 59 heavy (non-hydrogen) atoms. The Morgan fingerprint density at radius 1 is 0.576 bits per heavy atom. The molecule has 8 bridgehead atoms. The van der Waals surface area contributed by atoms with Crippen LogP contribution in [0.4, 0.5) is 0 Å². The van der Waals surface area contributed by atoms with Crippen LogP contribution >= 0.6 is 0 Å². The summed E-state index contributed by atoms with van der Waals surface area (Å²) in [5.74, 6) is -0.441. The van der Waals surface area contributed by atoms with Crippen molar-refractivity contribution in [2.75, 3.05) is 7.11 Å². The van der Waals surface area contributed by atoms with E-state index in [0.717, 1.165) is 67.0 Å². The van der Waals surface area contributed by atoms with Gasteiger partial charge in [-0.05, 0) is 90.5 Å². The number of hydrogen-bond donors (Lipinski definition) is 0. The van der Waals surface area contributed by atoms with Crippen LogP contribution < -0.4 is 9.97 Å². The number of nitrogens with zero attached hydrogens (tertiary/aromatic N) is 4. The van der Waals surface area contributed by atoms with Crippen molar-refractivity contribution in [3.05, 3.63) is 130 Å². The number of rotatable bonds is 4. The molecular formula is C52H56N4NiO2. The molecule has 7 heteroatoms. The molecule has 5 heterocycles. The third-order valence-corrected chi connectivity index (χ3v) is 10.9. The van der Waals surface area contributed by atoms with Crippen LogP contribution in [0.2, 0.25) is 0 Å². The second kappa shape index (κ2) is 15.7. The molecule has 0 radical (unpaired) electrons. The smallest absolute Gasteiger partial charge is 0.657 e. The number of esters is 1. The number of carbonyl (C=O) groups excluding carboxylic acids is 1. The van der Waals surface area contributed by atoms with E-state index in [1.54, 1.807) is 6.08 Å². The van der Waals surface area contributed by atoms with Gasteiger partial charge in [-0.25, -0.2) is 14.8 Å². The van der Waals surface area contributed by atoms with Gasteiger partial charge in [-0.15, -0.1) is 22.1 Å². The topological polar surface area (TPSA) is 80.3 Å². The van der Waals surface area contributed by atoms with Gasteiger partial charge in [-0.2, -0.15) is 0 Å². The number of allylic oxidation sites excluding steroid dienone is 2. The van der Waals surface area contributed by atoms with Crippen LogP contribution in [0.3, 0.4) is 0 Å². The average molecular weight is 828 g/mol. The summed E-state index contributed by atoms with van der Waals surface area (Å²) >= 11 is 0. The molecule has 2 aliphatic heterocycles. The Kier molecular flexibility index (Phi) is 11.6. The first kappa shape index (κ1) is 43.3. The van der Waals surface area contributed by atoms with Gasteiger partial charge >= 0.3 is 22.5 Å². The normalized spacial score (nSPS) is 13.4. The summed E-state index contributed by atoms with van der Waals surface area (Å²) in [7, 11) is 1.38. The standard InChI is InChI=1S/C52H57N4O2.Ni/c1-49(2,3)34-22-32(23-35(27-34)50(4,5)6)47-41-18-15-38(53-41)29-39-16-19-43(54-39)48(33-24-36(51(7,8)9)28-37(25-33)52(10,11)12)45-26-31(14-21-46(57)58-13)44(56-45)30-40-17-20-42(47)55-40;/h14-30H,1-13H3,(H-,53,54,55,56,57);/q-1;+2/p-1. The minimum absolute atomic E-state index is 0. The van der Waals surface area contributed by atoms with Crippen LogP contribution in [-0.4, -0.2) is 23.0 Å². The Bertz CT molecular complexity index is 2650. The third-order valence-electron chi connectivity index (χ3n) is 10.9. The molecule has 0 N–H and O–H groups in total. The first-order valence-corrected chi connectivity index (χ1v) is 20.2. The summed E-state index contributed by atoms with van der Waals surface area (Å²) in [6.45, 7) is 27.0. The molecule has 0 atom stereocenters. The number of ether oxygens (including phenoxy) is 1. The van der Waals surface area contributed by atoms with Gasteiger partial charge in [0.25, 0.3) is 0 Å². The van der Waals surface area contributed by atoms with Crippen LogP contribution in [0.1, 0.15) is 128 Å². The molecule has 306 valence electrons. The number of benzene rings is 2. The Balaban J connectivity index is 0.00000585. The summed E-state index contributed by atoms with van der Waals surface area (Å²) < 4.78 is 4.99. The number of carbonyl (C=O) groups is 1. The molecule has 2 aliphatic rings. The first-order valence-electron chi connectivity index (χ1n) is 20.2. The van der Waals surface area contributed by atoms with Crippen molar-refractivity contribution in [2.45, 2.75) is 105 Å². The molecular weight excluding hydrogens is 771 g/mol. The maximum Gasteiger partial charge on any atom is 2.00 e. The van der Waals surface area contributed by atoms with Gasteiger partial charge in [-0.1, -0.05) is 156 Å². The summed E-state index contributed by atoms with van der Waals surface area (Å²) in [6.07, 6.45) is 9.40. The Hall–Kier alpha value is -5.26. The minimum atomic E-state index is -0.441. The van der Waals surface area contributed by atoms with E-state index in [-0.39, 0.29) is 38.2 Å². The fourth-order valence-corrected chi connectivity index (χ4v) is 7.27. The molecule has 2 aromatic carbocycles. The van der Waals surface area contributed by atoms with Crippen LogP contribution in [0.15, 0.2) is 84.9 Å². The van der Waals surface area contributed by atoms with Crippen LogP contribution in [0, 0.1) is 0 Å². The zero-order valence-corrected chi connectivity index (χ0v) is 37.7. The number of hydrogen-bond acceptors (Lipinski definition) is 4. The minimum Gasteiger partial charge on any atom is -0.657 e. The van der Waals surface area contributed by atoms with Crippen molar-refractivity contribution in [1.29, 1.82) is 0 Å². The molecule has 0 spiro atoms. The van der Waals surface area contributed by atoms with E-state index >= 15 is 0 Å². The maximum atomic E-state index is 12.4. The molecule has 0 fully saturated rings. The monoisotopic (exact) mass is 826 g/mol. The average Bonchev–Trinajstić information content (AvgIpc) is 3.95. The van der Waals surface area contributed by atoms with E-state index in [1.165, 1.54) is 35.4 Å². The predicted molar refractivity (Wildman–Crippen MR) is 243 cm³/mol. The van der Waals surface area contributed by atoms with E-state index in [4.69, 9.17) is 24.7 Å². The van der Waals surface area contributed by atoms with Gasteiger partial charge in [0.1, 0.15) is 0 Å². The van der Waals surface area contributed by atoms with Crippen molar-refractivity contribution in [3.63, 3.8) is 0 Å². The van der Waals surface area contributed by atoms with Crippen molar-refractivity contribution in [2.24, 2.45) is 0 Å². The first-order chi connectivity index (χ1) is 27.1. The number of aromatic nitrogens is 4. The molecule has 0 saturated heterocycles. The zero-order valence-electron chi connectivity index (χ0n) is 36.7. The molecule has 0 amide bonds. The van der Waals surface area contributed by atoms with Crippen molar-refractivity contribution < 1.29 is 26.0 Å². The van der Waals surface area contributed by atoms with E-state index < -0.39 is 5.97 Å². The fourth-order valence-electron chi connectivity index (χ4n) is 7.27. The van der Waals surface area contributed by atoms with Gasteiger partial charge in [-0.3, -0.25) is 0 Å². The van der Waals surface area contributed by atoms with E-state index in [9.17, 15) is 4.79 Å². The van der Waals surface area contributed by atoms with Gasteiger partial charge < -0.3 is 14.7 Å². The SMILES string of the molecule is COC(=O)/C=C/C1=Cc2nc1cc1ccc([n-]1)c(-c1cc(C(C)(C)C)cc(C(C)(C)C)c1)c1nc(cc3ccc([n-]3)c2-c2cc(C(C)(C)C)cc(C(C)(C)C)c2)C=C1.[Ni+2]. The Morgan fingerprint density at radius 3 is 1.49 bits per heavy atom. The molecule has 0 unspecified atom stereocenters. The van der Waals surface area contributed by atoms with Crippen LogP contribution in [-0.2, 0) is 47.7 Å². The molecule has 5 aromatic rings. The molecule has 6 nitrogen and oxygen atoms in total. The predicted octanol–water partition coefficient (Wildman–Crippen LogP) is 12.5. The second-order valence-electron chi connectivity index (χ2n) is 19.7. The zero-order chi connectivity index (χ0) is 41.9. The summed E-state index contributed by atoms with van der Waals surface area (Å²) in [5.41, 5.74) is 15.7. The van der Waals surface area contributed by atoms with Crippen LogP contribution in [0.25, 0.3) is 68.1 Å². The summed E-state index contributed by atoms with van der Waals surface area (Å²) in [4.78, 5) is 33.5. The van der Waals surface area contributed by atoms with Crippen molar-refractivity contribution >= 4 is 51.8 Å². The van der Waals surface area contributed by atoms with Gasteiger partial charge in [0, 0.05) is 11.6 Å². The van der Waals surface area contributed by atoms with Crippen molar-refractivity contribution in [1.82, 2.24) is 19.9 Å².